The Morgan fingerprint density at radius 3 is 2.19 bits per heavy atom. The number of benzene rings is 1. The molecule has 0 spiro atoms. The normalized spacial score (nSPS) is 12.1. The lowest BCUT2D eigenvalue weighted by Crippen LogP contribution is -2.40. The van der Waals surface area contributed by atoms with Crippen LogP contribution in [0, 0.1) is 0 Å². The van der Waals surface area contributed by atoms with Gasteiger partial charge in [0.25, 0.3) is 0 Å². The lowest BCUT2D eigenvalue weighted by molar-refractivity contribution is -0.137. The van der Waals surface area contributed by atoms with E-state index < -0.39 is 11.7 Å². The van der Waals surface area contributed by atoms with Gasteiger partial charge in [0.05, 0.1) is 5.56 Å². The third kappa shape index (κ3) is 6.39. The van der Waals surface area contributed by atoms with E-state index in [1.807, 2.05) is 0 Å². The first-order chi connectivity index (χ1) is 12.7. The van der Waals surface area contributed by atoms with Gasteiger partial charge in [0.1, 0.15) is 5.82 Å². The zero-order chi connectivity index (χ0) is 20.0. The first-order valence-corrected chi connectivity index (χ1v) is 8.93. The summed E-state index contributed by atoms with van der Waals surface area (Å²) in [6.45, 7) is 10.3. The summed E-state index contributed by atoms with van der Waals surface area (Å²) in [6, 6.07) is 7.43. The Balaban J connectivity index is 1.95. The number of nitrogens with one attached hydrogen (secondary N) is 2. The van der Waals surface area contributed by atoms with Gasteiger partial charge in [-0.1, -0.05) is 0 Å². The second kappa shape index (κ2) is 9.03. The maximum atomic E-state index is 12.6. The molecule has 0 unspecified atom stereocenters. The largest absolute Gasteiger partial charge is 0.416 e. The molecule has 0 saturated carbocycles. The molecule has 0 aliphatic heterocycles. The lowest BCUT2D eigenvalue weighted by Gasteiger charge is -2.30. The van der Waals surface area contributed by atoms with E-state index in [1.165, 1.54) is 12.1 Å². The Labute approximate surface area is 158 Å². The molecule has 0 saturated heterocycles. The van der Waals surface area contributed by atoms with E-state index in [-0.39, 0.29) is 0 Å². The maximum Gasteiger partial charge on any atom is 0.416 e. The molecule has 0 radical (unpaired) electrons. The van der Waals surface area contributed by atoms with E-state index in [0.29, 0.717) is 29.5 Å². The van der Waals surface area contributed by atoms with Gasteiger partial charge in [-0.25, -0.2) is 4.98 Å². The van der Waals surface area contributed by atoms with Gasteiger partial charge in [-0.2, -0.15) is 18.2 Å². The maximum absolute atomic E-state index is 12.6. The number of hydrogen-bond donors (Lipinski definition) is 2. The molecule has 0 amide bonds. The second-order valence-corrected chi connectivity index (χ2v) is 6.82. The molecule has 148 valence electrons. The number of halogens is 3. The summed E-state index contributed by atoms with van der Waals surface area (Å²) < 4.78 is 37.9. The van der Waals surface area contributed by atoms with Crippen molar-refractivity contribution < 1.29 is 13.2 Å². The first-order valence-electron chi connectivity index (χ1n) is 8.93. The molecule has 2 rings (SSSR count). The molecular weight excluding hydrogens is 355 g/mol. The molecule has 1 aromatic carbocycles. The molecule has 1 heterocycles. The monoisotopic (exact) mass is 381 g/mol. The molecule has 1 aromatic heterocycles. The average molecular weight is 381 g/mol. The van der Waals surface area contributed by atoms with Crippen LogP contribution in [0.3, 0.4) is 0 Å². The van der Waals surface area contributed by atoms with E-state index in [1.54, 1.807) is 12.3 Å². The molecule has 8 heteroatoms. The summed E-state index contributed by atoms with van der Waals surface area (Å²) in [4.78, 5) is 10.8. The average Bonchev–Trinajstić information content (AvgIpc) is 2.58. The van der Waals surface area contributed by atoms with Crippen LogP contribution in [-0.4, -0.2) is 40.0 Å². The van der Waals surface area contributed by atoms with Crippen molar-refractivity contribution in [1.82, 2.24) is 14.9 Å². The third-order valence-electron chi connectivity index (χ3n) is 4.13. The van der Waals surface area contributed by atoms with Crippen LogP contribution in [0.15, 0.2) is 36.5 Å². The molecule has 2 aromatic rings. The van der Waals surface area contributed by atoms with Crippen molar-refractivity contribution in [2.45, 2.75) is 46.0 Å². The van der Waals surface area contributed by atoms with Gasteiger partial charge >= 0.3 is 6.18 Å². The highest BCUT2D eigenvalue weighted by molar-refractivity contribution is 5.55. The Kier molecular flexibility index (Phi) is 7.01. The van der Waals surface area contributed by atoms with Gasteiger partial charge in [-0.15, -0.1) is 0 Å². The predicted molar refractivity (Wildman–Crippen MR) is 102 cm³/mol. The molecule has 2 N–H and O–H groups in total. The number of alkyl halides is 3. The molecule has 5 nitrogen and oxygen atoms in total. The number of nitrogens with zero attached hydrogens (tertiary/aromatic N) is 3. The number of hydrogen-bond acceptors (Lipinski definition) is 5. The van der Waals surface area contributed by atoms with E-state index in [2.05, 4.69) is 53.2 Å². The van der Waals surface area contributed by atoms with Gasteiger partial charge in [0.15, 0.2) is 0 Å². The minimum atomic E-state index is -4.35. The number of rotatable bonds is 8. The fourth-order valence-corrected chi connectivity index (χ4v) is 2.81. The van der Waals surface area contributed by atoms with Crippen LogP contribution in [0.4, 0.5) is 30.6 Å². The summed E-state index contributed by atoms with van der Waals surface area (Å²) in [5, 5.41) is 6.18. The van der Waals surface area contributed by atoms with E-state index in [9.17, 15) is 13.2 Å². The quantitative estimate of drug-likeness (QED) is 0.690. The highest BCUT2D eigenvalue weighted by atomic mass is 19.4. The van der Waals surface area contributed by atoms with Crippen molar-refractivity contribution in [2.24, 2.45) is 0 Å². The van der Waals surface area contributed by atoms with Gasteiger partial charge < -0.3 is 10.6 Å². The zero-order valence-electron chi connectivity index (χ0n) is 16.0. The second-order valence-electron chi connectivity index (χ2n) is 6.82. The van der Waals surface area contributed by atoms with Gasteiger partial charge in [0, 0.05) is 37.1 Å². The van der Waals surface area contributed by atoms with Crippen molar-refractivity contribution >= 4 is 17.5 Å². The molecule has 0 aliphatic carbocycles. The fourth-order valence-electron chi connectivity index (χ4n) is 2.81. The van der Waals surface area contributed by atoms with Crippen LogP contribution in [0.1, 0.15) is 33.3 Å². The Bertz CT molecular complexity index is 706. The van der Waals surface area contributed by atoms with Crippen molar-refractivity contribution in [3.05, 3.63) is 42.1 Å². The molecule has 27 heavy (non-hydrogen) atoms. The summed E-state index contributed by atoms with van der Waals surface area (Å²) in [7, 11) is 0. The van der Waals surface area contributed by atoms with Gasteiger partial charge in [0.2, 0.25) is 5.95 Å². The lowest BCUT2D eigenvalue weighted by atomic mass is 10.2. The van der Waals surface area contributed by atoms with Gasteiger partial charge in [-0.05, 0) is 58.0 Å². The number of aromatic nitrogens is 2. The number of anilines is 3. The Morgan fingerprint density at radius 1 is 1.00 bits per heavy atom. The Hall–Kier alpha value is -2.35. The summed E-state index contributed by atoms with van der Waals surface area (Å²) >= 11 is 0. The van der Waals surface area contributed by atoms with Crippen LogP contribution in [0.2, 0.25) is 0 Å². The SMILES string of the molecule is CC(C)N(CCNc1ccnc(Nc2ccc(C(F)(F)F)cc2)n1)C(C)C. The van der Waals surface area contributed by atoms with Crippen molar-refractivity contribution in [3.63, 3.8) is 0 Å². The van der Waals surface area contributed by atoms with Crippen molar-refractivity contribution in [3.8, 4) is 0 Å². The van der Waals surface area contributed by atoms with E-state index >= 15 is 0 Å². The molecule has 0 bridgehead atoms. The van der Waals surface area contributed by atoms with Crippen LogP contribution in [0.25, 0.3) is 0 Å². The summed E-state index contributed by atoms with van der Waals surface area (Å²) in [6.07, 6.45) is -2.75. The molecule has 0 fully saturated rings. The topological polar surface area (TPSA) is 53.1 Å². The summed E-state index contributed by atoms with van der Waals surface area (Å²) in [5.41, 5.74) is -0.199. The van der Waals surface area contributed by atoms with Crippen molar-refractivity contribution in [2.75, 3.05) is 23.7 Å². The van der Waals surface area contributed by atoms with Crippen LogP contribution >= 0.6 is 0 Å². The smallest absolute Gasteiger partial charge is 0.369 e. The molecule has 0 atom stereocenters. The standard InChI is InChI=1S/C19H26F3N5/c1-13(2)27(14(3)4)12-11-23-17-9-10-24-18(26-17)25-16-7-5-15(6-8-16)19(20,21)22/h5-10,13-14H,11-12H2,1-4H3,(H2,23,24,25,26). The van der Waals surface area contributed by atoms with E-state index in [4.69, 9.17) is 0 Å². The minimum absolute atomic E-state index is 0.323. The fraction of sp³-hybridized carbons (Fsp3) is 0.474. The third-order valence-corrected chi connectivity index (χ3v) is 4.13. The Morgan fingerprint density at radius 2 is 1.63 bits per heavy atom. The highest BCUT2D eigenvalue weighted by Gasteiger charge is 2.29. The predicted octanol–water partition coefficient (Wildman–Crippen LogP) is 4.77. The van der Waals surface area contributed by atoms with Gasteiger partial charge in [-0.3, -0.25) is 4.90 Å². The molecular formula is C19H26F3N5. The zero-order valence-corrected chi connectivity index (χ0v) is 16.0. The van der Waals surface area contributed by atoms with E-state index in [0.717, 1.165) is 25.2 Å². The van der Waals surface area contributed by atoms with Crippen LogP contribution in [-0.2, 0) is 6.18 Å². The van der Waals surface area contributed by atoms with Crippen LogP contribution in [0.5, 0.6) is 0 Å². The minimum Gasteiger partial charge on any atom is -0.369 e. The highest BCUT2D eigenvalue weighted by Crippen LogP contribution is 2.30. The molecule has 0 aliphatic rings. The van der Waals surface area contributed by atoms with Crippen LogP contribution < -0.4 is 10.6 Å². The van der Waals surface area contributed by atoms with Crippen molar-refractivity contribution in [1.29, 1.82) is 0 Å². The summed E-state index contributed by atoms with van der Waals surface area (Å²) in [5.74, 6) is 0.983. The first kappa shape index (κ1) is 21.0.